The molecule has 0 aromatic heterocycles. The Bertz CT molecular complexity index is 500. The summed E-state index contributed by atoms with van der Waals surface area (Å²) in [4.78, 5) is 0.315. The Morgan fingerprint density at radius 3 is 1.19 bits per heavy atom. The van der Waals surface area contributed by atoms with Crippen LogP contribution in [-0.4, -0.2) is 28.3 Å². The molecule has 0 bridgehead atoms. The van der Waals surface area contributed by atoms with Crippen LogP contribution in [0.1, 0.15) is 13.8 Å². The van der Waals surface area contributed by atoms with Crippen LogP contribution in [0.15, 0.2) is 34.1 Å². The van der Waals surface area contributed by atoms with E-state index in [1.807, 2.05) is 0 Å². The second-order valence-electron chi connectivity index (χ2n) is 3.28. The van der Waals surface area contributed by atoms with Gasteiger partial charge in [-0.1, -0.05) is 13.8 Å². The summed E-state index contributed by atoms with van der Waals surface area (Å²) < 4.78 is 45.9. The van der Waals surface area contributed by atoms with Crippen molar-refractivity contribution < 1.29 is 16.8 Å². The second-order valence-corrected chi connectivity index (χ2v) is 7.83. The molecule has 1 aromatic rings. The van der Waals surface area contributed by atoms with Gasteiger partial charge < -0.3 is 0 Å². The third-order valence-electron chi connectivity index (χ3n) is 2.30. The molecule has 0 N–H and O–H groups in total. The zero-order valence-electron chi connectivity index (χ0n) is 9.17. The number of hydrogen-bond acceptors (Lipinski definition) is 4. The zero-order chi connectivity index (χ0) is 12.4. The highest BCUT2D eigenvalue weighted by Crippen LogP contribution is 2.16. The van der Waals surface area contributed by atoms with Gasteiger partial charge in [0.25, 0.3) is 0 Å². The van der Waals surface area contributed by atoms with Gasteiger partial charge in [-0.15, -0.1) is 0 Å². The lowest BCUT2D eigenvalue weighted by Crippen LogP contribution is -2.06. The number of rotatable bonds is 4. The van der Waals surface area contributed by atoms with Crippen LogP contribution in [0.25, 0.3) is 0 Å². The van der Waals surface area contributed by atoms with E-state index in [-0.39, 0.29) is 21.3 Å². The van der Waals surface area contributed by atoms with Gasteiger partial charge in [-0.2, -0.15) is 0 Å². The van der Waals surface area contributed by atoms with E-state index < -0.39 is 19.7 Å². The highest BCUT2D eigenvalue weighted by atomic mass is 32.2. The van der Waals surface area contributed by atoms with Crippen molar-refractivity contribution in [2.45, 2.75) is 23.6 Å². The van der Waals surface area contributed by atoms with Gasteiger partial charge in [-0.3, -0.25) is 0 Å². The largest absolute Gasteiger partial charge is 0.224 e. The molecule has 1 rings (SSSR count). The molecular formula is C10H14O4S2. The Labute approximate surface area is 96.1 Å². The van der Waals surface area contributed by atoms with Gasteiger partial charge in [0.1, 0.15) is 0 Å². The first-order chi connectivity index (χ1) is 7.33. The first-order valence-electron chi connectivity index (χ1n) is 4.89. The molecule has 0 aliphatic rings. The molecule has 1 aromatic carbocycles. The lowest BCUT2D eigenvalue weighted by Gasteiger charge is -2.03. The Morgan fingerprint density at radius 1 is 0.750 bits per heavy atom. The van der Waals surface area contributed by atoms with Crippen molar-refractivity contribution in [3.05, 3.63) is 24.3 Å². The van der Waals surface area contributed by atoms with Crippen molar-refractivity contribution in [3.63, 3.8) is 0 Å². The topological polar surface area (TPSA) is 68.3 Å². The molecule has 0 radical (unpaired) electrons. The minimum Gasteiger partial charge on any atom is -0.224 e. The smallest absolute Gasteiger partial charge is 0.178 e. The average Bonchev–Trinajstić information content (AvgIpc) is 2.29. The summed E-state index contributed by atoms with van der Waals surface area (Å²) in [5, 5.41) is 0. The van der Waals surface area contributed by atoms with Crippen LogP contribution >= 0.6 is 0 Å². The molecule has 4 nitrogen and oxygen atoms in total. The second kappa shape index (κ2) is 4.55. The van der Waals surface area contributed by atoms with Gasteiger partial charge >= 0.3 is 0 Å². The predicted molar refractivity (Wildman–Crippen MR) is 61.9 cm³/mol. The molecule has 0 unspecified atom stereocenters. The Morgan fingerprint density at radius 2 is 1.00 bits per heavy atom. The van der Waals surface area contributed by atoms with E-state index in [1.165, 1.54) is 24.3 Å². The average molecular weight is 262 g/mol. The Kier molecular flexibility index (Phi) is 3.75. The molecule has 0 atom stereocenters. The van der Waals surface area contributed by atoms with Gasteiger partial charge in [-0.05, 0) is 24.3 Å². The van der Waals surface area contributed by atoms with E-state index in [4.69, 9.17) is 0 Å². The van der Waals surface area contributed by atoms with E-state index in [0.717, 1.165) is 0 Å². The molecule has 0 saturated carbocycles. The minimum atomic E-state index is -3.26. The van der Waals surface area contributed by atoms with Gasteiger partial charge in [0.2, 0.25) is 0 Å². The van der Waals surface area contributed by atoms with Crippen LogP contribution in [0.4, 0.5) is 0 Å². The van der Waals surface area contributed by atoms with Gasteiger partial charge in [-0.25, -0.2) is 16.8 Å². The molecular weight excluding hydrogens is 248 g/mol. The Hall–Kier alpha value is -0.880. The minimum absolute atomic E-state index is 0.00682. The SMILES string of the molecule is CCS(=O)(=O)c1ccc(S(=O)(=O)CC)cc1. The molecule has 90 valence electrons. The van der Waals surface area contributed by atoms with E-state index in [9.17, 15) is 16.8 Å². The van der Waals surface area contributed by atoms with Crippen LogP contribution in [0.5, 0.6) is 0 Å². The highest BCUT2D eigenvalue weighted by molar-refractivity contribution is 7.91. The molecule has 0 saturated heterocycles. The number of sulfone groups is 2. The lowest BCUT2D eigenvalue weighted by atomic mass is 10.4. The molecule has 0 amide bonds. The first kappa shape index (κ1) is 13.2. The van der Waals surface area contributed by atoms with E-state index >= 15 is 0 Å². The normalized spacial score (nSPS) is 12.6. The van der Waals surface area contributed by atoms with Crippen LogP contribution in [0.3, 0.4) is 0 Å². The first-order valence-corrected chi connectivity index (χ1v) is 8.19. The summed E-state index contributed by atoms with van der Waals surface area (Å²) >= 11 is 0. The predicted octanol–water partition coefficient (Wildman–Crippen LogP) is 1.27. The Balaban J connectivity index is 3.21. The maximum Gasteiger partial charge on any atom is 0.178 e. The maximum absolute atomic E-state index is 11.5. The summed E-state index contributed by atoms with van der Waals surface area (Å²) in [6.45, 7) is 3.10. The van der Waals surface area contributed by atoms with Crippen molar-refractivity contribution in [1.29, 1.82) is 0 Å². The lowest BCUT2D eigenvalue weighted by molar-refractivity contribution is 0.593. The molecule has 0 heterocycles. The quantitative estimate of drug-likeness (QED) is 0.819. The van der Waals surface area contributed by atoms with Crippen LogP contribution < -0.4 is 0 Å². The van der Waals surface area contributed by atoms with E-state index in [1.54, 1.807) is 13.8 Å². The van der Waals surface area contributed by atoms with Gasteiger partial charge in [0, 0.05) is 0 Å². The fraction of sp³-hybridized carbons (Fsp3) is 0.400. The maximum atomic E-state index is 11.5. The van der Waals surface area contributed by atoms with E-state index in [2.05, 4.69) is 0 Å². The van der Waals surface area contributed by atoms with Crippen molar-refractivity contribution in [2.75, 3.05) is 11.5 Å². The summed E-state index contributed by atoms with van der Waals surface area (Å²) in [6, 6.07) is 5.34. The van der Waals surface area contributed by atoms with Crippen molar-refractivity contribution >= 4 is 19.7 Å². The van der Waals surface area contributed by atoms with Crippen molar-refractivity contribution in [1.82, 2.24) is 0 Å². The molecule has 6 heteroatoms. The molecule has 0 spiro atoms. The molecule has 0 aliphatic heterocycles. The van der Waals surface area contributed by atoms with E-state index in [0.29, 0.717) is 0 Å². The molecule has 0 fully saturated rings. The van der Waals surface area contributed by atoms with Crippen molar-refractivity contribution in [3.8, 4) is 0 Å². The summed E-state index contributed by atoms with van der Waals surface area (Å²) in [5.41, 5.74) is 0. The third kappa shape index (κ3) is 2.62. The molecule has 0 aliphatic carbocycles. The fourth-order valence-electron chi connectivity index (χ4n) is 1.19. The van der Waals surface area contributed by atoms with Gasteiger partial charge in [0.15, 0.2) is 19.7 Å². The molecule has 16 heavy (non-hydrogen) atoms. The highest BCUT2D eigenvalue weighted by Gasteiger charge is 2.15. The van der Waals surface area contributed by atoms with Gasteiger partial charge in [0.05, 0.1) is 21.3 Å². The summed E-state index contributed by atoms with van der Waals surface area (Å²) in [6.07, 6.45) is 0. The third-order valence-corrected chi connectivity index (χ3v) is 5.80. The standard InChI is InChI=1S/C10H14O4S2/c1-3-15(11,12)9-5-7-10(8-6-9)16(13,14)4-2/h5-8H,3-4H2,1-2H3. The summed E-state index contributed by atoms with van der Waals surface area (Å²) in [5.74, 6) is 0.0136. The summed E-state index contributed by atoms with van der Waals surface area (Å²) in [7, 11) is -6.52. The van der Waals surface area contributed by atoms with Crippen LogP contribution in [-0.2, 0) is 19.7 Å². The van der Waals surface area contributed by atoms with Crippen LogP contribution in [0.2, 0.25) is 0 Å². The van der Waals surface area contributed by atoms with Crippen LogP contribution in [0, 0.1) is 0 Å². The fourth-order valence-corrected chi connectivity index (χ4v) is 2.96. The zero-order valence-corrected chi connectivity index (χ0v) is 10.8. The number of benzene rings is 1. The van der Waals surface area contributed by atoms with Crippen molar-refractivity contribution in [2.24, 2.45) is 0 Å². The number of hydrogen-bond donors (Lipinski definition) is 0. The monoisotopic (exact) mass is 262 g/mol.